The highest BCUT2D eigenvalue weighted by molar-refractivity contribution is 5.69. The SMILES string of the molecule is CCC=O.O=C(O)C1CCCCC1. The van der Waals surface area contributed by atoms with Gasteiger partial charge in [0.25, 0.3) is 0 Å². The van der Waals surface area contributed by atoms with Crippen LogP contribution < -0.4 is 0 Å². The molecule has 1 aliphatic carbocycles. The number of rotatable bonds is 2. The van der Waals surface area contributed by atoms with E-state index in [4.69, 9.17) is 5.11 Å². The smallest absolute Gasteiger partial charge is 0.306 e. The van der Waals surface area contributed by atoms with Gasteiger partial charge in [0, 0.05) is 6.42 Å². The Balaban J connectivity index is 0.000000310. The Kier molecular flexibility index (Phi) is 7.26. The van der Waals surface area contributed by atoms with E-state index < -0.39 is 5.97 Å². The molecule has 0 aliphatic heterocycles. The first-order chi connectivity index (χ1) is 6.22. The Morgan fingerprint density at radius 1 is 1.38 bits per heavy atom. The number of carboxylic acid groups (broad SMARTS) is 1. The predicted octanol–water partition coefficient (Wildman–Crippen LogP) is 2.25. The van der Waals surface area contributed by atoms with Crippen LogP contribution in [0.2, 0.25) is 0 Å². The van der Waals surface area contributed by atoms with Crippen molar-refractivity contribution in [3.63, 3.8) is 0 Å². The van der Waals surface area contributed by atoms with Gasteiger partial charge in [-0.15, -0.1) is 0 Å². The molecule has 3 heteroatoms. The summed E-state index contributed by atoms with van der Waals surface area (Å²) in [5.41, 5.74) is 0. The minimum Gasteiger partial charge on any atom is -0.481 e. The molecule has 0 radical (unpaired) electrons. The second kappa shape index (κ2) is 7.77. The zero-order valence-electron chi connectivity index (χ0n) is 8.16. The molecule has 0 aromatic heterocycles. The van der Waals surface area contributed by atoms with Gasteiger partial charge in [-0.2, -0.15) is 0 Å². The summed E-state index contributed by atoms with van der Waals surface area (Å²) in [6, 6.07) is 0. The van der Waals surface area contributed by atoms with E-state index in [0.717, 1.165) is 32.0 Å². The average Bonchev–Trinajstić information content (AvgIpc) is 2.19. The molecule has 0 aromatic rings. The fourth-order valence-corrected chi connectivity index (χ4v) is 1.35. The van der Waals surface area contributed by atoms with Gasteiger partial charge in [-0.05, 0) is 12.8 Å². The second-order valence-electron chi connectivity index (χ2n) is 3.25. The molecule has 1 N–H and O–H groups in total. The van der Waals surface area contributed by atoms with Crippen molar-refractivity contribution in [2.24, 2.45) is 5.92 Å². The molecule has 0 atom stereocenters. The molecule has 1 aliphatic rings. The monoisotopic (exact) mass is 186 g/mol. The number of hydrogen-bond donors (Lipinski definition) is 1. The summed E-state index contributed by atoms with van der Waals surface area (Å²) >= 11 is 0. The highest BCUT2D eigenvalue weighted by atomic mass is 16.4. The van der Waals surface area contributed by atoms with Crippen LogP contribution in [0.25, 0.3) is 0 Å². The molecular weight excluding hydrogens is 168 g/mol. The Bertz CT molecular complexity index is 148. The van der Waals surface area contributed by atoms with E-state index in [0.29, 0.717) is 6.42 Å². The highest BCUT2D eigenvalue weighted by Crippen LogP contribution is 2.23. The van der Waals surface area contributed by atoms with Crippen molar-refractivity contribution in [2.75, 3.05) is 0 Å². The lowest BCUT2D eigenvalue weighted by Gasteiger charge is -2.16. The van der Waals surface area contributed by atoms with E-state index in [9.17, 15) is 9.59 Å². The Labute approximate surface area is 79.1 Å². The number of carbonyl (C=O) groups excluding carboxylic acids is 1. The maximum Gasteiger partial charge on any atom is 0.306 e. The molecule has 0 spiro atoms. The first kappa shape index (κ1) is 12.1. The summed E-state index contributed by atoms with van der Waals surface area (Å²) in [6.45, 7) is 1.81. The van der Waals surface area contributed by atoms with Crippen LogP contribution in [-0.4, -0.2) is 17.4 Å². The van der Waals surface area contributed by atoms with Crippen molar-refractivity contribution < 1.29 is 14.7 Å². The van der Waals surface area contributed by atoms with Crippen LogP contribution in [0.1, 0.15) is 45.4 Å². The first-order valence-corrected chi connectivity index (χ1v) is 4.88. The van der Waals surface area contributed by atoms with Gasteiger partial charge in [0.05, 0.1) is 5.92 Å². The normalized spacial score (nSPS) is 17.0. The van der Waals surface area contributed by atoms with E-state index in [-0.39, 0.29) is 5.92 Å². The maximum atomic E-state index is 10.4. The minimum absolute atomic E-state index is 0.0289. The van der Waals surface area contributed by atoms with Gasteiger partial charge >= 0.3 is 5.97 Å². The van der Waals surface area contributed by atoms with Crippen LogP contribution in [-0.2, 0) is 9.59 Å². The first-order valence-electron chi connectivity index (χ1n) is 4.88. The molecule has 0 aromatic carbocycles. The topological polar surface area (TPSA) is 54.4 Å². The van der Waals surface area contributed by atoms with Gasteiger partial charge in [-0.1, -0.05) is 26.2 Å². The van der Waals surface area contributed by atoms with Crippen molar-refractivity contribution in [3.8, 4) is 0 Å². The van der Waals surface area contributed by atoms with Crippen molar-refractivity contribution in [3.05, 3.63) is 0 Å². The van der Waals surface area contributed by atoms with E-state index >= 15 is 0 Å². The lowest BCUT2D eigenvalue weighted by molar-refractivity contribution is -0.142. The summed E-state index contributed by atoms with van der Waals surface area (Å²) in [5.74, 6) is -0.631. The number of carboxylic acids is 1. The van der Waals surface area contributed by atoms with Crippen LogP contribution in [0.3, 0.4) is 0 Å². The number of aliphatic carboxylic acids is 1. The third-order valence-corrected chi connectivity index (χ3v) is 2.12. The third-order valence-electron chi connectivity index (χ3n) is 2.12. The van der Waals surface area contributed by atoms with E-state index in [1.54, 1.807) is 0 Å². The molecule has 3 nitrogen and oxygen atoms in total. The number of hydrogen-bond acceptors (Lipinski definition) is 2. The van der Waals surface area contributed by atoms with Gasteiger partial charge in [-0.3, -0.25) is 4.79 Å². The fraction of sp³-hybridized carbons (Fsp3) is 0.800. The van der Waals surface area contributed by atoms with Gasteiger partial charge in [0.2, 0.25) is 0 Å². The molecule has 0 saturated heterocycles. The summed E-state index contributed by atoms with van der Waals surface area (Å²) in [7, 11) is 0. The van der Waals surface area contributed by atoms with Crippen LogP contribution in [0.5, 0.6) is 0 Å². The molecule has 1 fully saturated rings. The number of aldehydes is 1. The van der Waals surface area contributed by atoms with Gasteiger partial charge in [0.15, 0.2) is 0 Å². The highest BCUT2D eigenvalue weighted by Gasteiger charge is 2.19. The zero-order chi connectivity index (χ0) is 10.1. The predicted molar refractivity (Wildman–Crippen MR) is 50.6 cm³/mol. The Morgan fingerprint density at radius 2 is 1.85 bits per heavy atom. The van der Waals surface area contributed by atoms with E-state index in [2.05, 4.69) is 0 Å². The summed E-state index contributed by atoms with van der Waals surface area (Å²) < 4.78 is 0. The molecule has 1 rings (SSSR count). The van der Waals surface area contributed by atoms with Gasteiger partial charge < -0.3 is 9.90 Å². The molecule has 0 heterocycles. The van der Waals surface area contributed by atoms with Crippen molar-refractivity contribution in [2.45, 2.75) is 45.4 Å². The molecular formula is C10H18O3. The standard InChI is InChI=1S/C7H12O2.C3H6O/c8-7(9)6-4-2-1-3-5-6;1-2-3-4/h6H,1-5H2,(H,8,9);3H,2H2,1H3. The van der Waals surface area contributed by atoms with Crippen LogP contribution in [0.4, 0.5) is 0 Å². The molecule has 0 bridgehead atoms. The maximum absolute atomic E-state index is 10.4. The van der Waals surface area contributed by atoms with Crippen LogP contribution >= 0.6 is 0 Å². The van der Waals surface area contributed by atoms with Gasteiger partial charge in [-0.25, -0.2) is 0 Å². The average molecular weight is 186 g/mol. The van der Waals surface area contributed by atoms with Crippen molar-refractivity contribution >= 4 is 12.3 Å². The van der Waals surface area contributed by atoms with Crippen LogP contribution in [0, 0.1) is 5.92 Å². The van der Waals surface area contributed by atoms with E-state index in [1.807, 2.05) is 6.92 Å². The van der Waals surface area contributed by atoms with Gasteiger partial charge in [0.1, 0.15) is 6.29 Å². The third kappa shape index (κ3) is 6.31. The lowest BCUT2D eigenvalue weighted by Crippen LogP contribution is -2.16. The van der Waals surface area contributed by atoms with E-state index in [1.165, 1.54) is 6.42 Å². The molecule has 76 valence electrons. The summed E-state index contributed by atoms with van der Waals surface area (Å²) in [5, 5.41) is 8.54. The molecule has 1 saturated carbocycles. The summed E-state index contributed by atoms with van der Waals surface area (Å²) in [6.07, 6.45) is 6.75. The molecule has 0 unspecified atom stereocenters. The molecule has 13 heavy (non-hydrogen) atoms. The van der Waals surface area contributed by atoms with Crippen molar-refractivity contribution in [1.82, 2.24) is 0 Å². The minimum atomic E-state index is -0.602. The summed E-state index contributed by atoms with van der Waals surface area (Å²) in [4.78, 5) is 19.5. The largest absolute Gasteiger partial charge is 0.481 e. The molecule has 0 amide bonds. The Hall–Kier alpha value is -0.860. The number of carbonyl (C=O) groups is 2. The van der Waals surface area contributed by atoms with Crippen LogP contribution in [0.15, 0.2) is 0 Å². The Morgan fingerprint density at radius 3 is 2.08 bits per heavy atom. The zero-order valence-corrected chi connectivity index (χ0v) is 8.16. The fourth-order valence-electron chi connectivity index (χ4n) is 1.35. The quantitative estimate of drug-likeness (QED) is 0.673. The lowest BCUT2D eigenvalue weighted by atomic mass is 9.90. The van der Waals surface area contributed by atoms with Crippen molar-refractivity contribution in [1.29, 1.82) is 0 Å². The second-order valence-corrected chi connectivity index (χ2v) is 3.25.